The number of carbonyl (C=O) groups is 6. The van der Waals surface area contributed by atoms with Gasteiger partial charge < -0.3 is 37.2 Å². The van der Waals surface area contributed by atoms with Gasteiger partial charge in [0.15, 0.2) is 0 Å². The van der Waals surface area contributed by atoms with Crippen LogP contribution >= 0.6 is 11.8 Å². The largest absolute Gasteiger partial charge is 0.481 e. The number of hydrogen-bond acceptors (Lipinski definition) is 8. The zero-order valence-electron chi connectivity index (χ0n) is 18.3. The van der Waals surface area contributed by atoms with Crippen molar-refractivity contribution in [2.45, 2.75) is 62.7 Å². The Morgan fingerprint density at radius 1 is 1.09 bits per heavy atom. The normalized spacial score (nSPS) is 18.1. The van der Waals surface area contributed by atoms with Gasteiger partial charge >= 0.3 is 11.9 Å². The maximum atomic E-state index is 13.2. The van der Waals surface area contributed by atoms with Crippen molar-refractivity contribution < 1.29 is 39.0 Å². The van der Waals surface area contributed by atoms with Crippen molar-refractivity contribution in [3.05, 3.63) is 0 Å². The number of thioether (sulfide) groups is 1. The van der Waals surface area contributed by atoms with Gasteiger partial charge in [-0.2, -0.15) is 11.8 Å². The summed E-state index contributed by atoms with van der Waals surface area (Å²) in [5.74, 6) is -5.01. The smallest absolute Gasteiger partial charge is 0.326 e. The molecule has 1 fully saturated rings. The van der Waals surface area contributed by atoms with Crippen LogP contribution in [0, 0.1) is 0 Å². The average Bonchev–Trinajstić information content (AvgIpc) is 3.23. The van der Waals surface area contributed by atoms with E-state index >= 15 is 0 Å². The SMILES string of the molecule is CSCCC(N)C(=O)NC(CCC(N)=O)C(=O)N1CCCC1C(=O)NC(CC(=O)O)C(=O)O. The van der Waals surface area contributed by atoms with Gasteiger partial charge in [-0.3, -0.25) is 24.0 Å². The Balaban J connectivity index is 2.96. The van der Waals surface area contributed by atoms with Crippen LogP contribution in [-0.2, 0) is 28.8 Å². The minimum absolute atomic E-state index is 0.100. The molecule has 0 aromatic rings. The molecule has 8 N–H and O–H groups in total. The Morgan fingerprint density at radius 2 is 1.76 bits per heavy atom. The van der Waals surface area contributed by atoms with Crippen LogP contribution < -0.4 is 22.1 Å². The number of nitrogens with zero attached hydrogens (tertiary/aromatic N) is 1. The lowest BCUT2D eigenvalue weighted by atomic mass is 10.1. The molecule has 4 unspecified atom stereocenters. The number of rotatable bonds is 14. The third kappa shape index (κ3) is 9.26. The number of hydrogen-bond donors (Lipinski definition) is 6. The highest BCUT2D eigenvalue weighted by Gasteiger charge is 2.39. The van der Waals surface area contributed by atoms with Crippen molar-refractivity contribution >= 4 is 47.3 Å². The first-order valence-corrected chi connectivity index (χ1v) is 11.8. The molecule has 1 aliphatic heterocycles. The van der Waals surface area contributed by atoms with Crippen molar-refractivity contribution in [3.63, 3.8) is 0 Å². The maximum absolute atomic E-state index is 13.2. The molecule has 0 saturated carbocycles. The number of primary amides is 1. The van der Waals surface area contributed by atoms with E-state index in [0.717, 1.165) is 0 Å². The molecule has 0 aromatic heterocycles. The maximum Gasteiger partial charge on any atom is 0.326 e. The quantitative estimate of drug-likeness (QED) is 0.155. The number of nitrogens with one attached hydrogen (secondary N) is 2. The number of aliphatic carboxylic acids is 2. The van der Waals surface area contributed by atoms with Crippen molar-refractivity contribution in [2.75, 3.05) is 18.6 Å². The van der Waals surface area contributed by atoms with Crippen LogP contribution in [0.2, 0.25) is 0 Å². The molecule has 1 aliphatic rings. The van der Waals surface area contributed by atoms with E-state index in [1.54, 1.807) is 0 Å². The molecule has 1 saturated heterocycles. The average molecular weight is 490 g/mol. The molecule has 14 heteroatoms. The minimum Gasteiger partial charge on any atom is -0.481 e. The fourth-order valence-corrected chi connectivity index (χ4v) is 3.83. The molecule has 13 nitrogen and oxygen atoms in total. The van der Waals surface area contributed by atoms with Crippen molar-refractivity contribution in [3.8, 4) is 0 Å². The van der Waals surface area contributed by atoms with Gasteiger partial charge in [0.1, 0.15) is 18.1 Å². The van der Waals surface area contributed by atoms with E-state index in [9.17, 15) is 28.8 Å². The Morgan fingerprint density at radius 3 is 2.30 bits per heavy atom. The predicted octanol–water partition coefficient (Wildman–Crippen LogP) is -2.15. The summed E-state index contributed by atoms with van der Waals surface area (Å²) < 4.78 is 0. The summed E-state index contributed by atoms with van der Waals surface area (Å²) in [6.45, 7) is 0.162. The van der Waals surface area contributed by atoms with E-state index in [1.165, 1.54) is 16.7 Å². The van der Waals surface area contributed by atoms with Crippen LogP contribution in [0.4, 0.5) is 0 Å². The zero-order valence-corrected chi connectivity index (χ0v) is 19.1. The van der Waals surface area contributed by atoms with Crippen molar-refractivity contribution in [2.24, 2.45) is 11.5 Å². The molecule has 4 atom stereocenters. The molecule has 0 aromatic carbocycles. The van der Waals surface area contributed by atoms with Gasteiger partial charge in [-0.05, 0) is 37.7 Å². The molecule has 0 spiro atoms. The minimum atomic E-state index is -1.66. The Labute approximate surface area is 195 Å². The Bertz CT molecular complexity index is 764. The van der Waals surface area contributed by atoms with Crippen LogP contribution in [0.3, 0.4) is 0 Å². The molecule has 0 aliphatic carbocycles. The van der Waals surface area contributed by atoms with Gasteiger partial charge in [0.05, 0.1) is 12.5 Å². The van der Waals surface area contributed by atoms with E-state index in [0.29, 0.717) is 18.6 Å². The van der Waals surface area contributed by atoms with Gasteiger partial charge in [-0.25, -0.2) is 4.79 Å². The number of likely N-dealkylation sites (tertiary alicyclic amines) is 1. The lowest BCUT2D eigenvalue weighted by Gasteiger charge is -2.29. The van der Waals surface area contributed by atoms with Crippen molar-refractivity contribution in [1.82, 2.24) is 15.5 Å². The van der Waals surface area contributed by atoms with Crippen LogP contribution in [-0.4, -0.2) is 93.4 Å². The number of carboxylic acids is 2. The summed E-state index contributed by atoms with van der Waals surface area (Å²) in [7, 11) is 0. The fourth-order valence-electron chi connectivity index (χ4n) is 3.34. The second-order valence-corrected chi connectivity index (χ2v) is 8.63. The fraction of sp³-hybridized carbons (Fsp3) is 0.684. The molecule has 1 rings (SSSR count). The lowest BCUT2D eigenvalue weighted by Crippen LogP contribution is -2.57. The molecule has 33 heavy (non-hydrogen) atoms. The van der Waals surface area contributed by atoms with Crippen molar-refractivity contribution in [1.29, 1.82) is 0 Å². The highest BCUT2D eigenvalue weighted by Crippen LogP contribution is 2.20. The first-order chi connectivity index (χ1) is 15.5. The second kappa shape index (κ2) is 13.6. The summed E-state index contributed by atoms with van der Waals surface area (Å²) in [5, 5.41) is 22.7. The first-order valence-electron chi connectivity index (χ1n) is 10.4. The Kier molecular flexibility index (Phi) is 11.6. The lowest BCUT2D eigenvalue weighted by molar-refractivity contribution is -0.148. The number of carbonyl (C=O) groups excluding carboxylic acids is 4. The highest BCUT2D eigenvalue weighted by atomic mass is 32.2. The summed E-state index contributed by atoms with van der Waals surface area (Å²) in [4.78, 5) is 72.8. The third-order valence-corrected chi connectivity index (χ3v) is 5.74. The monoisotopic (exact) mass is 489 g/mol. The molecular weight excluding hydrogens is 458 g/mol. The summed E-state index contributed by atoms with van der Waals surface area (Å²) in [6.07, 6.45) is 1.77. The molecule has 186 valence electrons. The third-order valence-electron chi connectivity index (χ3n) is 5.10. The number of amides is 4. The Hall–Kier alpha value is -2.87. The molecule has 0 radical (unpaired) electrons. The van der Waals surface area contributed by atoms with Gasteiger partial charge in [0.25, 0.3) is 0 Å². The predicted molar refractivity (Wildman–Crippen MR) is 118 cm³/mol. The number of nitrogens with two attached hydrogens (primary N) is 2. The van der Waals surface area contributed by atoms with Gasteiger partial charge in [-0.15, -0.1) is 0 Å². The molecular formula is C19H31N5O8S. The topological polar surface area (TPSA) is 222 Å². The standard InChI is InChI=1S/C19H31N5O8S/c1-33-8-6-10(20)16(28)22-11(4-5-14(21)25)18(30)24-7-2-3-13(24)17(29)23-12(19(31)32)9-15(26)27/h10-13H,2-9,20H2,1H3,(H2,21,25)(H,22,28)(H,23,29)(H,26,27)(H,31,32). The van der Waals surface area contributed by atoms with Gasteiger partial charge in [0.2, 0.25) is 23.6 Å². The van der Waals surface area contributed by atoms with E-state index in [1.807, 2.05) is 6.26 Å². The summed E-state index contributed by atoms with van der Waals surface area (Å²) in [6, 6.07) is -4.74. The van der Waals surface area contributed by atoms with E-state index in [-0.39, 0.29) is 25.8 Å². The van der Waals surface area contributed by atoms with Crippen LogP contribution in [0.25, 0.3) is 0 Å². The molecule has 1 heterocycles. The van der Waals surface area contributed by atoms with E-state index in [2.05, 4.69) is 10.6 Å². The highest BCUT2D eigenvalue weighted by molar-refractivity contribution is 7.98. The van der Waals surface area contributed by atoms with Gasteiger partial charge in [-0.1, -0.05) is 0 Å². The van der Waals surface area contributed by atoms with Crippen LogP contribution in [0.5, 0.6) is 0 Å². The summed E-state index contributed by atoms with van der Waals surface area (Å²) >= 11 is 1.50. The van der Waals surface area contributed by atoms with Crippen LogP contribution in [0.1, 0.15) is 38.5 Å². The second-order valence-electron chi connectivity index (χ2n) is 7.64. The summed E-state index contributed by atoms with van der Waals surface area (Å²) in [5.41, 5.74) is 11.0. The zero-order chi connectivity index (χ0) is 25.1. The van der Waals surface area contributed by atoms with E-state index < -0.39 is 66.2 Å². The first kappa shape index (κ1) is 28.2. The van der Waals surface area contributed by atoms with E-state index in [4.69, 9.17) is 21.7 Å². The molecule has 4 amide bonds. The van der Waals surface area contributed by atoms with Crippen LogP contribution in [0.15, 0.2) is 0 Å². The number of carboxylic acid groups (broad SMARTS) is 2. The van der Waals surface area contributed by atoms with Gasteiger partial charge in [0, 0.05) is 13.0 Å². The molecule has 0 bridgehead atoms.